The van der Waals surface area contributed by atoms with Gasteiger partial charge in [0.1, 0.15) is 29.2 Å². The molecule has 3 rings (SSSR count). The molecule has 0 fully saturated rings. The summed E-state index contributed by atoms with van der Waals surface area (Å²) in [5.74, 6) is 0.749. The molecule has 0 radical (unpaired) electrons. The summed E-state index contributed by atoms with van der Waals surface area (Å²) < 4.78 is 42.7. The van der Waals surface area contributed by atoms with Gasteiger partial charge in [-0.1, -0.05) is 0 Å². The molecule has 0 saturated heterocycles. The highest BCUT2D eigenvalue weighted by atomic mass is 35.5. The molecule has 0 aliphatic heterocycles. The maximum atomic E-state index is 12.2. The van der Waals surface area contributed by atoms with Crippen LogP contribution in [0.15, 0.2) is 18.3 Å². The summed E-state index contributed by atoms with van der Waals surface area (Å²) in [5, 5.41) is 16.7. The molecule has 3 heterocycles. The molecule has 8 nitrogen and oxygen atoms in total. The van der Waals surface area contributed by atoms with Crippen LogP contribution in [0.1, 0.15) is 11.3 Å². The maximum absolute atomic E-state index is 12.2. The highest BCUT2D eigenvalue weighted by Crippen LogP contribution is 2.27. The van der Waals surface area contributed by atoms with E-state index in [1.165, 1.54) is 4.68 Å². The lowest BCUT2D eigenvalue weighted by molar-refractivity contribution is -0.174. The van der Waals surface area contributed by atoms with E-state index in [4.69, 9.17) is 11.6 Å². The van der Waals surface area contributed by atoms with Gasteiger partial charge in [-0.3, -0.25) is 4.68 Å². The number of hydrogen-bond donors (Lipinski definition) is 2. The van der Waals surface area contributed by atoms with Gasteiger partial charge in [-0.25, -0.2) is 9.97 Å². The number of fused-ring (bicyclic) bond motifs is 1. The normalized spacial score (nSPS) is 11.9. The molecular formula is C16H16ClF3N6O2. The molecule has 0 bridgehead atoms. The lowest BCUT2D eigenvalue weighted by atomic mass is 10.3. The average molecular weight is 417 g/mol. The van der Waals surface area contributed by atoms with Crippen LogP contribution in [0.4, 0.5) is 24.8 Å². The van der Waals surface area contributed by atoms with Gasteiger partial charge in [0.2, 0.25) is 5.28 Å². The van der Waals surface area contributed by atoms with Crippen LogP contribution in [0, 0.1) is 6.92 Å². The monoisotopic (exact) mass is 416 g/mol. The number of aliphatic hydroxyl groups is 1. The number of anilines is 2. The van der Waals surface area contributed by atoms with Crippen molar-refractivity contribution in [1.29, 1.82) is 0 Å². The highest BCUT2D eigenvalue weighted by molar-refractivity contribution is 6.28. The smallest absolute Gasteiger partial charge is 0.390 e. The Bertz CT molecular complexity index is 979. The quantitative estimate of drug-likeness (QED) is 0.451. The lowest BCUT2D eigenvalue weighted by Crippen LogP contribution is -2.19. The van der Waals surface area contributed by atoms with E-state index in [9.17, 15) is 18.3 Å². The lowest BCUT2D eigenvalue weighted by Gasteiger charge is -2.11. The molecule has 0 saturated carbocycles. The number of pyridine rings is 1. The number of nitrogens with zero attached hydrogens (tertiary/aromatic N) is 5. The summed E-state index contributed by atoms with van der Waals surface area (Å²) in [6.07, 6.45) is -2.80. The summed E-state index contributed by atoms with van der Waals surface area (Å²) in [6.45, 7) is -0.150. The van der Waals surface area contributed by atoms with E-state index in [1.54, 1.807) is 12.3 Å². The molecule has 0 aliphatic rings. The fraction of sp³-hybridized carbons (Fsp3) is 0.375. The minimum absolute atomic E-state index is 0.00645. The number of aromatic nitrogens is 5. The molecule has 2 N–H and O–H groups in total. The molecule has 0 aliphatic carbocycles. The second kappa shape index (κ2) is 8.25. The molecule has 3 aromatic rings. The molecule has 0 atom stereocenters. The first-order valence-electron chi connectivity index (χ1n) is 8.15. The number of ether oxygens (including phenoxy) is 1. The van der Waals surface area contributed by atoms with Gasteiger partial charge in [0.05, 0.1) is 19.8 Å². The number of nitrogens with one attached hydrogen (secondary N) is 1. The summed E-state index contributed by atoms with van der Waals surface area (Å²) in [7, 11) is 0. The first kappa shape index (κ1) is 20.2. The van der Waals surface area contributed by atoms with Crippen LogP contribution in [0.5, 0.6) is 0 Å². The van der Waals surface area contributed by atoms with Crippen LogP contribution in [0.25, 0.3) is 11.0 Å². The van der Waals surface area contributed by atoms with Crippen molar-refractivity contribution in [1.82, 2.24) is 24.7 Å². The summed E-state index contributed by atoms with van der Waals surface area (Å²) in [4.78, 5) is 12.4. The molecule has 28 heavy (non-hydrogen) atoms. The van der Waals surface area contributed by atoms with Crippen molar-refractivity contribution >= 4 is 34.3 Å². The minimum atomic E-state index is -4.41. The number of halogens is 4. The van der Waals surface area contributed by atoms with Crippen LogP contribution in [0.2, 0.25) is 5.28 Å². The molecule has 12 heteroatoms. The van der Waals surface area contributed by atoms with Gasteiger partial charge < -0.3 is 15.2 Å². The third kappa shape index (κ3) is 4.86. The summed E-state index contributed by atoms with van der Waals surface area (Å²) >= 11 is 5.99. The molecule has 150 valence electrons. The third-order valence-corrected chi connectivity index (χ3v) is 3.82. The number of aliphatic hydroxyl groups excluding tert-OH is 1. The van der Waals surface area contributed by atoms with Gasteiger partial charge in [0, 0.05) is 6.20 Å². The van der Waals surface area contributed by atoms with Crippen LogP contribution in [-0.2, 0) is 17.9 Å². The van der Waals surface area contributed by atoms with E-state index in [0.717, 1.165) is 5.56 Å². The zero-order valence-corrected chi connectivity index (χ0v) is 15.4. The first-order chi connectivity index (χ1) is 13.3. The largest absolute Gasteiger partial charge is 0.411 e. The number of hydrogen-bond acceptors (Lipinski definition) is 7. The predicted molar refractivity (Wildman–Crippen MR) is 95.4 cm³/mol. The van der Waals surface area contributed by atoms with E-state index >= 15 is 0 Å². The number of alkyl halides is 3. The standard InChI is InChI=1S/C16H16ClF3N6O2/c1-9-2-3-21-11(6-9)22-14-13-12(23-15(17)24-14)10(7-27)25-26(13)4-5-28-8-16(18,19)20/h2-3,6,27H,4-5,7-8H2,1H3,(H,21,22,23,24). The van der Waals surface area contributed by atoms with Gasteiger partial charge in [0.25, 0.3) is 0 Å². The zero-order valence-electron chi connectivity index (χ0n) is 14.7. The van der Waals surface area contributed by atoms with Gasteiger partial charge in [-0.15, -0.1) is 0 Å². The van der Waals surface area contributed by atoms with Crippen molar-refractivity contribution in [3.8, 4) is 0 Å². The summed E-state index contributed by atoms with van der Waals surface area (Å²) in [6, 6.07) is 3.60. The Kier molecular flexibility index (Phi) is 5.96. The van der Waals surface area contributed by atoms with Crippen molar-refractivity contribution in [2.24, 2.45) is 0 Å². The summed E-state index contributed by atoms with van der Waals surface area (Å²) in [5.41, 5.74) is 1.83. The minimum Gasteiger partial charge on any atom is -0.390 e. The zero-order chi connectivity index (χ0) is 20.3. The third-order valence-electron chi connectivity index (χ3n) is 3.65. The molecule has 3 aromatic heterocycles. The average Bonchev–Trinajstić information content (AvgIpc) is 2.95. The second-order valence-electron chi connectivity index (χ2n) is 5.88. The van der Waals surface area contributed by atoms with Gasteiger partial charge in [0.15, 0.2) is 5.82 Å². The molecule has 0 amide bonds. The van der Waals surface area contributed by atoms with Crippen molar-refractivity contribution in [2.45, 2.75) is 26.3 Å². The van der Waals surface area contributed by atoms with Crippen molar-refractivity contribution in [3.63, 3.8) is 0 Å². The van der Waals surface area contributed by atoms with Crippen molar-refractivity contribution in [2.75, 3.05) is 18.5 Å². The van der Waals surface area contributed by atoms with Gasteiger partial charge in [-0.2, -0.15) is 23.3 Å². The topological polar surface area (TPSA) is 98.0 Å². The van der Waals surface area contributed by atoms with E-state index in [1.807, 2.05) is 13.0 Å². The van der Waals surface area contributed by atoms with Gasteiger partial charge >= 0.3 is 6.18 Å². The highest BCUT2D eigenvalue weighted by Gasteiger charge is 2.27. The van der Waals surface area contributed by atoms with Crippen LogP contribution in [-0.4, -0.2) is 49.2 Å². The Morgan fingerprint density at radius 1 is 1.32 bits per heavy atom. The van der Waals surface area contributed by atoms with Crippen LogP contribution in [0.3, 0.4) is 0 Å². The fourth-order valence-electron chi connectivity index (χ4n) is 2.54. The van der Waals surface area contributed by atoms with Crippen molar-refractivity contribution < 1.29 is 23.0 Å². The van der Waals surface area contributed by atoms with Crippen LogP contribution >= 0.6 is 11.6 Å². The molecule has 0 spiro atoms. The predicted octanol–water partition coefficient (Wildman–Crippen LogP) is 3.00. The van der Waals surface area contributed by atoms with E-state index < -0.39 is 19.4 Å². The molecule has 0 aromatic carbocycles. The maximum Gasteiger partial charge on any atom is 0.411 e. The Morgan fingerprint density at radius 2 is 2.11 bits per heavy atom. The Morgan fingerprint density at radius 3 is 2.79 bits per heavy atom. The molecular weight excluding hydrogens is 401 g/mol. The number of aryl methyl sites for hydroxylation is 1. The van der Waals surface area contributed by atoms with Crippen molar-refractivity contribution in [3.05, 3.63) is 34.9 Å². The molecule has 0 unspecified atom stereocenters. The first-order valence-corrected chi connectivity index (χ1v) is 8.52. The van der Waals surface area contributed by atoms with E-state index in [-0.39, 0.29) is 35.5 Å². The van der Waals surface area contributed by atoms with Gasteiger partial charge in [-0.05, 0) is 36.2 Å². The van der Waals surface area contributed by atoms with Crippen LogP contribution < -0.4 is 5.32 Å². The Balaban J connectivity index is 1.94. The second-order valence-corrected chi connectivity index (χ2v) is 6.22. The Hall–Kier alpha value is -2.50. The number of rotatable bonds is 7. The van der Waals surface area contributed by atoms with E-state index in [0.29, 0.717) is 11.3 Å². The van der Waals surface area contributed by atoms with E-state index in [2.05, 4.69) is 30.1 Å². The SMILES string of the molecule is Cc1ccnc(Nc2nc(Cl)nc3c(CO)nn(CCOCC(F)(F)F)c23)c1. The Labute approximate surface area is 162 Å². The fourth-order valence-corrected chi connectivity index (χ4v) is 2.71.